The predicted octanol–water partition coefficient (Wildman–Crippen LogP) is 3.17. The van der Waals surface area contributed by atoms with E-state index in [-0.39, 0.29) is 16.7 Å². The second-order valence-corrected chi connectivity index (χ2v) is 4.06. The summed E-state index contributed by atoms with van der Waals surface area (Å²) in [5, 5.41) is 15.8. The number of nitro benzene ring substituents is 1. The number of halogens is 1. The van der Waals surface area contributed by atoms with Crippen molar-refractivity contribution < 1.29 is 9.72 Å². The number of amides is 2. The first-order chi connectivity index (χ1) is 8.54. The van der Waals surface area contributed by atoms with Crippen LogP contribution >= 0.6 is 11.6 Å². The molecule has 0 aliphatic heterocycles. The molecule has 0 fully saturated rings. The Labute approximate surface area is 109 Å². The first kappa shape index (κ1) is 14.2. The van der Waals surface area contributed by atoms with E-state index in [1.54, 1.807) is 0 Å². The summed E-state index contributed by atoms with van der Waals surface area (Å²) in [6.07, 6.45) is 1.87. The highest BCUT2D eigenvalue weighted by molar-refractivity contribution is 6.33. The van der Waals surface area contributed by atoms with Crippen molar-refractivity contribution in [1.82, 2.24) is 5.32 Å². The zero-order valence-electron chi connectivity index (χ0n) is 9.90. The number of nitrogens with zero attached hydrogens (tertiary/aromatic N) is 1. The minimum absolute atomic E-state index is 0.114. The molecule has 0 aliphatic carbocycles. The lowest BCUT2D eigenvalue weighted by molar-refractivity contribution is -0.384. The highest BCUT2D eigenvalue weighted by Crippen LogP contribution is 2.26. The van der Waals surface area contributed by atoms with E-state index in [9.17, 15) is 14.9 Å². The Bertz CT molecular complexity index is 451. The monoisotopic (exact) mass is 271 g/mol. The maximum Gasteiger partial charge on any atom is 0.319 e. The number of carbonyl (C=O) groups is 1. The molecule has 18 heavy (non-hydrogen) atoms. The molecule has 1 rings (SSSR count). The van der Waals surface area contributed by atoms with Gasteiger partial charge in [-0.2, -0.15) is 0 Å². The van der Waals surface area contributed by atoms with Crippen LogP contribution in [0.1, 0.15) is 19.8 Å². The molecule has 2 N–H and O–H groups in total. The summed E-state index contributed by atoms with van der Waals surface area (Å²) >= 11 is 5.83. The van der Waals surface area contributed by atoms with Crippen LogP contribution < -0.4 is 10.6 Å². The molecule has 0 saturated carbocycles. The largest absolute Gasteiger partial charge is 0.338 e. The van der Waals surface area contributed by atoms with Crippen LogP contribution in [0.3, 0.4) is 0 Å². The number of urea groups is 1. The van der Waals surface area contributed by atoms with Crippen LogP contribution in [0.25, 0.3) is 0 Å². The van der Waals surface area contributed by atoms with Crippen molar-refractivity contribution in [2.24, 2.45) is 0 Å². The van der Waals surface area contributed by atoms with Gasteiger partial charge in [0.1, 0.15) is 0 Å². The molecule has 0 bridgehead atoms. The molecule has 0 saturated heterocycles. The van der Waals surface area contributed by atoms with Crippen LogP contribution in [0.5, 0.6) is 0 Å². The summed E-state index contributed by atoms with van der Waals surface area (Å²) in [5.41, 5.74) is 0.230. The number of hydrogen-bond donors (Lipinski definition) is 2. The van der Waals surface area contributed by atoms with Gasteiger partial charge in [-0.15, -0.1) is 0 Å². The fraction of sp³-hybridized carbons (Fsp3) is 0.364. The van der Waals surface area contributed by atoms with Gasteiger partial charge in [0.25, 0.3) is 5.69 Å². The lowest BCUT2D eigenvalue weighted by atomic mass is 10.3. The topological polar surface area (TPSA) is 84.3 Å². The Morgan fingerprint density at radius 2 is 2.22 bits per heavy atom. The molecule has 0 heterocycles. The second kappa shape index (κ2) is 6.80. The molecule has 7 heteroatoms. The van der Waals surface area contributed by atoms with Crippen LogP contribution in [0, 0.1) is 10.1 Å². The highest BCUT2D eigenvalue weighted by atomic mass is 35.5. The van der Waals surface area contributed by atoms with E-state index in [2.05, 4.69) is 10.6 Å². The number of rotatable bonds is 5. The van der Waals surface area contributed by atoms with Crippen LogP contribution in [-0.2, 0) is 0 Å². The van der Waals surface area contributed by atoms with Gasteiger partial charge in [-0.25, -0.2) is 4.79 Å². The van der Waals surface area contributed by atoms with Crippen LogP contribution in [0.2, 0.25) is 5.02 Å². The average molecular weight is 272 g/mol. The van der Waals surface area contributed by atoms with E-state index in [1.165, 1.54) is 18.2 Å². The van der Waals surface area contributed by atoms with E-state index in [4.69, 9.17) is 11.6 Å². The van der Waals surface area contributed by atoms with Crippen molar-refractivity contribution in [2.75, 3.05) is 11.9 Å². The molecular formula is C11H14ClN3O3. The summed E-state index contributed by atoms with van der Waals surface area (Å²) in [4.78, 5) is 21.4. The lowest BCUT2D eigenvalue weighted by Gasteiger charge is -2.08. The summed E-state index contributed by atoms with van der Waals surface area (Å²) in [6.45, 7) is 2.60. The minimum atomic E-state index is -0.545. The molecule has 0 atom stereocenters. The minimum Gasteiger partial charge on any atom is -0.338 e. The van der Waals surface area contributed by atoms with Crippen molar-refractivity contribution in [3.8, 4) is 0 Å². The molecule has 6 nitrogen and oxygen atoms in total. The number of non-ortho nitro benzene ring substituents is 1. The van der Waals surface area contributed by atoms with Gasteiger partial charge in [0, 0.05) is 18.7 Å². The molecule has 0 aliphatic rings. The fourth-order valence-corrected chi connectivity index (χ4v) is 1.49. The quantitative estimate of drug-likeness (QED) is 0.490. The molecule has 1 aromatic carbocycles. The van der Waals surface area contributed by atoms with Gasteiger partial charge in [0.15, 0.2) is 0 Å². The van der Waals surface area contributed by atoms with Gasteiger partial charge < -0.3 is 10.6 Å². The van der Waals surface area contributed by atoms with Crippen molar-refractivity contribution in [3.63, 3.8) is 0 Å². The number of anilines is 1. The normalized spacial score (nSPS) is 9.89. The molecule has 0 aromatic heterocycles. The Hall–Kier alpha value is -1.82. The molecule has 0 unspecified atom stereocenters. The smallest absolute Gasteiger partial charge is 0.319 e. The number of hydrogen-bond acceptors (Lipinski definition) is 3. The number of carbonyl (C=O) groups excluding carboxylic acids is 1. The van der Waals surface area contributed by atoms with Crippen LogP contribution in [-0.4, -0.2) is 17.5 Å². The standard InChI is InChI=1S/C11H14ClN3O3/c1-2-3-6-13-11(16)14-10-5-4-8(15(17)18)7-9(10)12/h4-5,7H,2-3,6H2,1H3,(H2,13,14,16). The van der Waals surface area contributed by atoms with Gasteiger partial charge in [0.2, 0.25) is 0 Å². The van der Waals surface area contributed by atoms with Crippen molar-refractivity contribution in [1.29, 1.82) is 0 Å². The van der Waals surface area contributed by atoms with E-state index >= 15 is 0 Å². The Morgan fingerprint density at radius 3 is 2.78 bits per heavy atom. The van der Waals surface area contributed by atoms with Crippen molar-refractivity contribution in [3.05, 3.63) is 33.3 Å². The summed E-state index contributed by atoms with van der Waals surface area (Å²) in [5.74, 6) is 0. The zero-order chi connectivity index (χ0) is 13.5. The summed E-state index contributed by atoms with van der Waals surface area (Å²) in [6, 6.07) is 3.51. The fourth-order valence-electron chi connectivity index (χ4n) is 1.26. The van der Waals surface area contributed by atoms with Gasteiger partial charge in [-0.05, 0) is 12.5 Å². The summed E-state index contributed by atoms with van der Waals surface area (Å²) < 4.78 is 0. The van der Waals surface area contributed by atoms with E-state index in [1.807, 2.05) is 6.92 Å². The van der Waals surface area contributed by atoms with Gasteiger partial charge in [0.05, 0.1) is 15.6 Å². The number of nitrogens with one attached hydrogen (secondary N) is 2. The van der Waals surface area contributed by atoms with Gasteiger partial charge >= 0.3 is 6.03 Å². The second-order valence-electron chi connectivity index (χ2n) is 3.66. The lowest BCUT2D eigenvalue weighted by Crippen LogP contribution is -2.29. The highest BCUT2D eigenvalue weighted by Gasteiger charge is 2.10. The Kier molecular flexibility index (Phi) is 5.38. The zero-order valence-corrected chi connectivity index (χ0v) is 10.7. The first-order valence-electron chi connectivity index (χ1n) is 5.53. The predicted molar refractivity (Wildman–Crippen MR) is 70.0 cm³/mol. The van der Waals surface area contributed by atoms with Crippen molar-refractivity contribution >= 4 is 29.0 Å². The Balaban J connectivity index is 2.62. The molecule has 98 valence electrons. The molecule has 2 amide bonds. The van der Waals surface area contributed by atoms with Gasteiger partial charge in [-0.3, -0.25) is 10.1 Å². The summed E-state index contributed by atoms with van der Waals surface area (Å²) in [7, 11) is 0. The average Bonchev–Trinajstić information content (AvgIpc) is 2.32. The third kappa shape index (κ3) is 4.21. The molecule has 0 radical (unpaired) electrons. The van der Waals surface area contributed by atoms with E-state index < -0.39 is 4.92 Å². The molecular weight excluding hydrogens is 258 g/mol. The molecule has 0 spiro atoms. The van der Waals surface area contributed by atoms with Crippen LogP contribution in [0.15, 0.2) is 18.2 Å². The maximum absolute atomic E-state index is 11.4. The SMILES string of the molecule is CCCCNC(=O)Nc1ccc([N+](=O)[O-])cc1Cl. The van der Waals surface area contributed by atoms with E-state index in [0.29, 0.717) is 12.2 Å². The third-order valence-electron chi connectivity index (χ3n) is 2.23. The van der Waals surface area contributed by atoms with Crippen LogP contribution in [0.4, 0.5) is 16.2 Å². The number of nitro groups is 1. The van der Waals surface area contributed by atoms with Gasteiger partial charge in [-0.1, -0.05) is 24.9 Å². The number of benzene rings is 1. The third-order valence-corrected chi connectivity index (χ3v) is 2.54. The van der Waals surface area contributed by atoms with E-state index in [0.717, 1.165) is 12.8 Å². The number of unbranched alkanes of at least 4 members (excludes halogenated alkanes) is 1. The first-order valence-corrected chi connectivity index (χ1v) is 5.91. The van der Waals surface area contributed by atoms with Crippen molar-refractivity contribution in [2.45, 2.75) is 19.8 Å². The maximum atomic E-state index is 11.4. The Morgan fingerprint density at radius 1 is 1.50 bits per heavy atom. The molecule has 1 aromatic rings.